The summed E-state index contributed by atoms with van der Waals surface area (Å²) in [5, 5.41) is 5.97. The second-order valence-electron chi connectivity index (χ2n) is 6.20. The molecule has 1 N–H and O–H groups in total. The lowest BCUT2D eigenvalue weighted by molar-refractivity contribution is -0.121. The number of nitrogens with one attached hydrogen (secondary N) is 1. The van der Waals surface area contributed by atoms with Gasteiger partial charge >= 0.3 is 0 Å². The third kappa shape index (κ3) is 4.82. The molecule has 1 amide bonds. The van der Waals surface area contributed by atoms with Crippen molar-refractivity contribution < 1.29 is 4.79 Å². The van der Waals surface area contributed by atoms with Gasteiger partial charge in [0.1, 0.15) is 0 Å². The first-order chi connectivity index (χ1) is 11.7. The number of halogens is 1. The zero-order chi connectivity index (χ0) is 16.8. The van der Waals surface area contributed by atoms with E-state index < -0.39 is 0 Å². The maximum Gasteiger partial charge on any atom is 0.220 e. The smallest absolute Gasteiger partial charge is 0.220 e. The van der Waals surface area contributed by atoms with Crippen molar-refractivity contribution >= 4 is 28.8 Å². The average molecular weight is 363 g/mol. The van der Waals surface area contributed by atoms with Crippen LogP contribution in [-0.2, 0) is 11.2 Å². The van der Waals surface area contributed by atoms with Crippen molar-refractivity contribution in [1.29, 1.82) is 0 Å². The van der Waals surface area contributed by atoms with Crippen LogP contribution in [0.4, 0.5) is 0 Å². The fraction of sp³-hybridized carbons (Fsp3) is 0.421. The molecule has 5 heteroatoms. The molecular formula is C19H23ClN2OS. The van der Waals surface area contributed by atoms with Crippen molar-refractivity contribution in [1.82, 2.24) is 10.2 Å². The van der Waals surface area contributed by atoms with Crippen molar-refractivity contribution in [2.45, 2.75) is 31.7 Å². The molecule has 2 heterocycles. The van der Waals surface area contributed by atoms with Gasteiger partial charge in [-0.1, -0.05) is 29.8 Å². The van der Waals surface area contributed by atoms with E-state index in [4.69, 9.17) is 11.6 Å². The third-order valence-electron chi connectivity index (χ3n) is 4.50. The maximum atomic E-state index is 12.2. The Bertz CT molecular complexity index is 636. The van der Waals surface area contributed by atoms with E-state index in [0.29, 0.717) is 19.0 Å². The third-order valence-corrected chi connectivity index (χ3v) is 5.73. The molecule has 1 unspecified atom stereocenters. The van der Waals surface area contributed by atoms with Crippen molar-refractivity contribution in [3.63, 3.8) is 0 Å². The molecule has 0 bridgehead atoms. The lowest BCUT2D eigenvalue weighted by atomic mass is 10.1. The molecular weight excluding hydrogens is 340 g/mol. The molecule has 1 aliphatic rings. The van der Waals surface area contributed by atoms with Gasteiger partial charge in [-0.2, -0.15) is 0 Å². The van der Waals surface area contributed by atoms with Crippen LogP contribution in [0.15, 0.2) is 41.8 Å². The number of aryl methyl sites for hydroxylation is 1. The molecule has 1 atom stereocenters. The van der Waals surface area contributed by atoms with Gasteiger partial charge in [0.25, 0.3) is 0 Å². The minimum absolute atomic E-state index is 0.116. The van der Waals surface area contributed by atoms with E-state index in [9.17, 15) is 4.79 Å². The van der Waals surface area contributed by atoms with Crippen molar-refractivity contribution in [2.24, 2.45) is 0 Å². The summed E-state index contributed by atoms with van der Waals surface area (Å²) in [6.07, 6.45) is 3.77. The summed E-state index contributed by atoms with van der Waals surface area (Å²) in [7, 11) is 0. The molecule has 2 aromatic rings. The van der Waals surface area contributed by atoms with Crippen LogP contribution in [0, 0.1) is 0 Å². The van der Waals surface area contributed by atoms with Crippen LogP contribution in [0.3, 0.4) is 0 Å². The first-order valence-corrected chi connectivity index (χ1v) is 9.77. The van der Waals surface area contributed by atoms with Gasteiger partial charge in [-0.3, -0.25) is 9.69 Å². The highest BCUT2D eigenvalue weighted by molar-refractivity contribution is 7.10. The van der Waals surface area contributed by atoms with Crippen molar-refractivity contribution in [3.8, 4) is 0 Å². The van der Waals surface area contributed by atoms with Crippen LogP contribution in [0.1, 0.15) is 35.7 Å². The van der Waals surface area contributed by atoms with E-state index in [-0.39, 0.29) is 5.91 Å². The zero-order valence-corrected chi connectivity index (χ0v) is 15.3. The molecule has 1 aromatic carbocycles. The van der Waals surface area contributed by atoms with Gasteiger partial charge in [0.05, 0.1) is 6.04 Å². The number of likely N-dealkylation sites (tertiary alicyclic amines) is 1. The van der Waals surface area contributed by atoms with E-state index in [1.807, 2.05) is 24.3 Å². The first-order valence-electron chi connectivity index (χ1n) is 8.51. The van der Waals surface area contributed by atoms with E-state index in [1.54, 1.807) is 11.3 Å². The highest BCUT2D eigenvalue weighted by atomic mass is 35.5. The van der Waals surface area contributed by atoms with Gasteiger partial charge in [-0.15, -0.1) is 11.3 Å². The predicted molar refractivity (Wildman–Crippen MR) is 101 cm³/mol. The summed E-state index contributed by atoms with van der Waals surface area (Å²) >= 11 is 7.66. The first kappa shape index (κ1) is 17.5. The number of carbonyl (C=O) groups excluding carboxylic acids is 1. The number of hydrogen-bond acceptors (Lipinski definition) is 3. The number of rotatable bonds is 7. The minimum Gasteiger partial charge on any atom is -0.354 e. The van der Waals surface area contributed by atoms with Gasteiger partial charge in [-0.25, -0.2) is 0 Å². The maximum absolute atomic E-state index is 12.2. The van der Waals surface area contributed by atoms with Crippen LogP contribution in [0.25, 0.3) is 0 Å². The Kier molecular flexibility index (Phi) is 6.30. The number of nitrogens with zero attached hydrogens (tertiary/aromatic N) is 1. The molecule has 1 aromatic heterocycles. The number of benzene rings is 1. The Labute approximate surface area is 152 Å². The highest BCUT2D eigenvalue weighted by Crippen LogP contribution is 2.27. The Hall–Kier alpha value is -1.36. The summed E-state index contributed by atoms with van der Waals surface area (Å²) in [4.78, 5) is 16.1. The van der Waals surface area contributed by atoms with Crippen LogP contribution in [0.2, 0.25) is 5.02 Å². The molecule has 128 valence electrons. The lowest BCUT2D eigenvalue weighted by Gasteiger charge is -2.26. The van der Waals surface area contributed by atoms with Gasteiger partial charge in [0.15, 0.2) is 0 Å². The quantitative estimate of drug-likeness (QED) is 0.797. The van der Waals surface area contributed by atoms with E-state index in [0.717, 1.165) is 30.1 Å². The topological polar surface area (TPSA) is 32.3 Å². The van der Waals surface area contributed by atoms with Crippen LogP contribution >= 0.6 is 22.9 Å². The van der Waals surface area contributed by atoms with Gasteiger partial charge in [0.2, 0.25) is 5.91 Å². The van der Waals surface area contributed by atoms with Crippen molar-refractivity contribution in [2.75, 3.05) is 19.6 Å². The van der Waals surface area contributed by atoms with E-state index >= 15 is 0 Å². The SMILES string of the molecule is O=C(CCc1ccc(Cl)cc1)NCC(c1cccs1)N1CCCC1. The standard InChI is InChI=1S/C19H23ClN2OS/c20-16-8-5-15(6-9-16)7-10-19(23)21-14-17(18-4-3-13-24-18)22-11-1-2-12-22/h3-6,8-9,13,17H,1-2,7,10-12,14H2,(H,21,23). The fourth-order valence-corrected chi connectivity index (χ4v) is 4.14. The molecule has 1 saturated heterocycles. The molecule has 0 spiro atoms. The van der Waals surface area contributed by atoms with Gasteiger partial charge < -0.3 is 5.32 Å². The number of thiophene rings is 1. The van der Waals surface area contributed by atoms with E-state index in [2.05, 4.69) is 27.7 Å². The molecule has 0 aliphatic carbocycles. The van der Waals surface area contributed by atoms with Gasteiger partial charge in [-0.05, 0) is 61.5 Å². The van der Waals surface area contributed by atoms with Crippen molar-refractivity contribution in [3.05, 3.63) is 57.2 Å². The Morgan fingerprint density at radius 2 is 1.96 bits per heavy atom. The summed E-state index contributed by atoms with van der Waals surface area (Å²) < 4.78 is 0. The molecule has 3 rings (SSSR count). The van der Waals surface area contributed by atoms with Crippen LogP contribution < -0.4 is 5.32 Å². The summed E-state index contributed by atoms with van der Waals surface area (Å²) in [5.74, 6) is 0.116. The molecule has 0 radical (unpaired) electrons. The summed E-state index contributed by atoms with van der Waals surface area (Å²) in [6, 6.07) is 12.3. The van der Waals surface area contributed by atoms with Crippen LogP contribution in [0.5, 0.6) is 0 Å². The fourth-order valence-electron chi connectivity index (χ4n) is 3.15. The molecule has 1 aliphatic heterocycles. The predicted octanol–water partition coefficient (Wildman–Crippen LogP) is 4.29. The molecule has 3 nitrogen and oxygen atoms in total. The molecule has 1 fully saturated rings. The Balaban J connectivity index is 1.50. The average Bonchev–Trinajstić information content (AvgIpc) is 3.29. The largest absolute Gasteiger partial charge is 0.354 e. The Morgan fingerprint density at radius 3 is 2.62 bits per heavy atom. The Morgan fingerprint density at radius 1 is 1.21 bits per heavy atom. The lowest BCUT2D eigenvalue weighted by Crippen LogP contribution is -2.36. The second-order valence-corrected chi connectivity index (χ2v) is 7.62. The number of hydrogen-bond donors (Lipinski definition) is 1. The normalized spacial score (nSPS) is 16.2. The van der Waals surface area contributed by atoms with E-state index in [1.165, 1.54) is 17.7 Å². The summed E-state index contributed by atoms with van der Waals surface area (Å²) in [5.41, 5.74) is 1.14. The molecule has 0 saturated carbocycles. The second kappa shape index (κ2) is 8.65. The number of carbonyl (C=O) groups is 1. The minimum atomic E-state index is 0.116. The summed E-state index contributed by atoms with van der Waals surface area (Å²) in [6.45, 7) is 2.95. The van der Waals surface area contributed by atoms with Crippen LogP contribution in [-0.4, -0.2) is 30.4 Å². The molecule has 24 heavy (non-hydrogen) atoms. The monoisotopic (exact) mass is 362 g/mol. The zero-order valence-electron chi connectivity index (χ0n) is 13.7. The van der Waals surface area contributed by atoms with Gasteiger partial charge in [0, 0.05) is 22.9 Å². The highest BCUT2D eigenvalue weighted by Gasteiger charge is 2.24. The number of amides is 1.